The van der Waals surface area contributed by atoms with Crippen LogP contribution in [0.5, 0.6) is 23.0 Å². The minimum atomic E-state index is -1.24. The number of carbonyl (C=O) groups excluding carboxylic acids is 2. The van der Waals surface area contributed by atoms with E-state index in [4.69, 9.17) is 29.9 Å². The summed E-state index contributed by atoms with van der Waals surface area (Å²) in [7, 11) is 0. The van der Waals surface area contributed by atoms with Crippen molar-refractivity contribution in [2.75, 3.05) is 0 Å². The van der Waals surface area contributed by atoms with Crippen LogP contribution in [0, 0.1) is 0 Å². The van der Waals surface area contributed by atoms with Crippen molar-refractivity contribution in [1.29, 1.82) is 0 Å². The first-order valence-corrected chi connectivity index (χ1v) is 7.50. The highest BCUT2D eigenvalue weighted by Crippen LogP contribution is 2.25. The lowest BCUT2D eigenvalue weighted by molar-refractivity contribution is -0.132. The lowest BCUT2D eigenvalue weighted by atomic mass is 10.2. The summed E-state index contributed by atoms with van der Waals surface area (Å²) in [4.78, 5) is 42.6. The fraction of sp³-hybridized carbons (Fsp3) is 0.111. The fourth-order valence-corrected chi connectivity index (χ4v) is 1.85. The van der Waals surface area contributed by atoms with Crippen LogP contribution in [0.2, 0.25) is 0 Å². The van der Waals surface area contributed by atoms with Crippen LogP contribution in [0.25, 0.3) is 0 Å². The zero-order valence-corrected chi connectivity index (χ0v) is 14.7. The molecule has 2 aromatic rings. The van der Waals surface area contributed by atoms with Gasteiger partial charge in [0.15, 0.2) is 0 Å². The van der Waals surface area contributed by atoms with E-state index >= 15 is 0 Å². The average Bonchev–Trinajstić information content (AvgIpc) is 2.53. The Bertz CT molecular complexity index is 917. The fourth-order valence-electron chi connectivity index (χ4n) is 1.85. The van der Waals surface area contributed by atoms with Crippen LogP contribution >= 0.6 is 0 Å². The standard InChI is InChI=1S/C11H10O6.C7H6O4/c1-6(12)16-8-3-4-9(11(14)15)10(5-8)17-7(2)13;8-4-1-2-5(7(10)11)6(9)3-4/h3-5H,1-2H3,(H,14,15);1-3,8-9H,(H,10,11). The minimum absolute atomic E-state index is 0.110. The van der Waals surface area contributed by atoms with Crippen LogP contribution in [0.4, 0.5) is 0 Å². The highest BCUT2D eigenvalue weighted by atomic mass is 16.5. The maximum absolute atomic E-state index is 10.8. The van der Waals surface area contributed by atoms with E-state index in [-0.39, 0.29) is 28.4 Å². The first kappa shape index (κ1) is 22.0. The van der Waals surface area contributed by atoms with E-state index in [1.807, 2.05) is 0 Å². The van der Waals surface area contributed by atoms with Gasteiger partial charge in [-0.05, 0) is 24.3 Å². The summed E-state index contributed by atoms with van der Waals surface area (Å²) in [6, 6.07) is 6.97. The van der Waals surface area contributed by atoms with Gasteiger partial charge in [-0.2, -0.15) is 0 Å². The molecule has 4 N–H and O–H groups in total. The third-order valence-electron chi connectivity index (χ3n) is 2.91. The van der Waals surface area contributed by atoms with Crippen molar-refractivity contribution in [2.45, 2.75) is 13.8 Å². The molecular formula is C18H16O10. The number of aromatic carboxylic acids is 2. The zero-order chi connectivity index (χ0) is 21.4. The van der Waals surface area contributed by atoms with E-state index in [1.54, 1.807) is 0 Å². The summed E-state index contributed by atoms with van der Waals surface area (Å²) >= 11 is 0. The van der Waals surface area contributed by atoms with Crippen LogP contribution in [0.1, 0.15) is 34.6 Å². The SMILES string of the molecule is CC(=O)Oc1ccc(C(=O)O)c(OC(C)=O)c1.O=C(O)c1ccc(O)cc1O. The molecule has 0 aliphatic heterocycles. The molecule has 0 atom stereocenters. The van der Waals surface area contributed by atoms with Crippen LogP contribution in [-0.2, 0) is 9.59 Å². The van der Waals surface area contributed by atoms with Crippen LogP contribution < -0.4 is 9.47 Å². The molecule has 2 rings (SSSR count). The Morgan fingerprint density at radius 2 is 1.29 bits per heavy atom. The molecule has 0 bridgehead atoms. The monoisotopic (exact) mass is 392 g/mol. The zero-order valence-electron chi connectivity index (χ0n) is 14.7. The van der Waals surface area contributed by atoms with Gasteiger partial charge in [0.05, 0.1) is 0 Å². The molecule has 0 spiro atoms. The molecule has 2 aromatic carbocycles. The number of ether oxygens (including phenoxy) is 2. The van der Waals surface area contributed by atoms with Crippen molar-refractivity contribution in [3.63, 3.8) is 0 Å². The number of hydrogen-bond acceptors (Lipinski definition) is 8. The van der Waals surface area contributed by atoms with Crippen molar-refractivity contribution in [3.8, 4) is 23.0 Å². The third kappa shape index (κ3) is 6.67. The summed E-state index contributed by atoms with van der Waals surface area (Å²) < 4.78 is 9.47. The predicted octanol–water partition coefficient (Wildman–Crippen LogP) is 2.03. The number of esters is 2. The van der Waals surface area contributed by atoms with Crippen molar-refractivity contribution >= 4 is 23.9 Å². The minimum Gasteiger partial charge on any atom is -0.508 e. The van der Waals surface area contributed by atoms with Gasteiger partial charge in [-0.3, -0.25) is 9.59 Å². The quantitative estimate of drug-likeness (QED) is 0.446. The third-order valence-corrected chi connectivity index (χ3v) is 2.91. The first-order valence-electron chi connectivity index (χ1n) is 7.50. The molecule has 0 aliphatic rings. The molecular weight excluding hydrogens is 376 g/mol. The van der Waals surface area contributed by atoms with Gasteiger partial charge in [-0.15, -0.1) is 0 Å². The van der Waals surface area contributed by atoms with Gasteiger partial charge in [0.2, 0.25) is 0 Å². The van der Waals surface area contributed by atoms with Gasteiger partial charge in [-0.1, -0.05) is 0 Å². The predicted molar refractivity (Wildman–Crippen MR) is 92.8 cm³/mol. The van der Waals surface area contributed by atoms with Crippen molar-refractivity contribution in [1.82, 2.24) is 0 Å². The van der Waals surface area contributed by atoms with E-state index < -0.39 is 29.6 Å². The number of phenolic OH excluding ortho intramolecular Hbond substituents is 1. The van der Waals surface area contributed by atoms with Gasteiger partial charge in [-0.25, -0.2) is 9.59 Å². The maximum Gasteiger partial charge on any atom is 0.339 e. The molecule has 0 saturated carbocycles. The van der Waals surface area contributed by atoms with Crippen molar-refractivity contribution in [2.24, 2.45) is 0 Å². The number of aromatic hydroxyl groups is 2. The van der Waals surface area contributed by atoms with Gasteiger partial charge < -0.3 is 29.9 Å². The lowest BCUT2D eigenvalue weighted by Gasteiger charge is -2.07. The number of carboxylic acids is 2. The summed E-state index contributed by atoms with van der Waals surface area (Å²) in [5, 5.41) is 35.0. The second-order valence-corrected chi connectivity index (χ2v) is 5.16. The number of carboxylic acid groups (broad SMARTS) is 2. The maximum atomic E-state index is 10.8. The van der Waals surface area contributed by atoms with Gasteiger partial charge in [0.1, 0.15) is 34.1 Å². The Balaban J connectivity index is 0.000000307. The molecule has 148 valence electrons. The van der Waals surface area contributed by atoms with Crippen molar-refractivity contribution in [3.05, 3.63) is 47.5 Å². The second kappa shape index (κ2) is 9.57. The summed E-state index contributed by atoms with van der Waals surface area (Å²) in [6.07, 6.45) is 0. The molecule has 0 aromatic heterocycles. The smallest absolute Gasteiger partial charge is 0.339 e. The van der Waals surface area contributed by atoms with Crippen LogP contribution in [-0.4, -0.2) is 44.3 Å². The van der Waals surface area contributed by atoms with Gasteiger partial charge in [0.25, 0.3) is 0 Å². The highest BCUT2D eigenvalue weighted by Gasteiger charge is 2.15. The molecule has 10 nitrogen and oxygen atoms in total. The van der Waals surface area contributed by atoms with Crippen LogP contribution in [0.15, 0.2) is 36.4 Å². The Hall–Kier alpha value is -4.08. The molecule has 0 saturated heterocycles. The van der Waals surface area contributed by atoms with Gasteiger partial charge in [0, 0.05) is 26.0 Å². The van der Waals surface area contributed by atoms with E-state index in [0.29, 0.717) is 0 Å². The summed E-state index contributed by atoms with van der Waals surface area (Å²) in [5.74, 6) is -4.32. The second-order valence-electron chi connectivity index (χ2n) is 5.16. The van der Waals surface area contributed by atoms with Crippen LogP contribution in [0.3, 0.4) is 0 Å². The molecule has 0 amide bonds. The summed E-state index contributed by atoms with van der Waals surface area (Å²) in [6.45, 7) is 2.35. The highest BCUT2D eigenvalue weighted by molar-refractivity contribution is 5.92. The molecule has 0 unspecified atom stereocenters. The molecule has 28 heavy (non-hydrogen) atoms. The average molecular weight is 392 g/mol. The summed E-state index contributed by atoms with van der Waals surface area (Å²) in [5.41, 5.74) is -0.404. The molecule has 0 radical (unpaired) electrons. The number of carbonyl (C=O) groups is 4. The number of rotatable bonds is 4. The van der Waals surface area contributed by atoms with Crippen molar-refractivity contribution < 1.29 is 49.1 Å². The van der Waals surface area contributed by atoms with E-state index in [2.05, 4.69) is 0 Å². The lowest BCUT2D eigenvalue weighted by Crippen LogP contribution is -2.08. The normalized spacial score (nSPS) is 9.50. The molecule has 0 aliphatic carbocycles. The van der Waals surface area contributed by atoms with E-state index in [9.17, 15) is 19.2 Å². The number of hydrogen-bond donors (Lipinski definition) is 4. The van der Waals surface area contributed by atoms with Gasteiger partial charge >= 0.3 is 23.9 Å². The van der Waals surface area contributed by atoms with E-state index in [1.165, 1.54) is 31.2 Å². The largest absolute Gasteiger partial charge is 0.508 e. The number of benzene rings is 2. The Morgan fingerprint density at radius 1 is 0.750 bits per heavy atom. The molecule has 10 heteroatoms. The number of phenols is 2. The first-order chi connectivity index (χ1) is 13.0. The Morgan fingerprint density at radius 3 is 1.75 bits per heavy atom. The topological polar surface area (TPSA) is 168 Å². The molecule has 0 fully saturated rings. The van der Waals surface area contributed by atoms with E-state index in [0.717, 1.165) is 19.1 Å². The Kier molecular flexibility index (Phi) is 7.51. The molecule has 0 heterocycles. The Labute approximate surface area is 158 Å².